The van der Waals surface area contributed by atoms with Gasteiger partial charge in [0.25, 0.3) is 0 Å². The van der Waals surface area contributed by atoms with Gasteiger partial charge in [0.1, 0.15) is 0 Å². The van der Waals surface area contributed by atoms with Gasteiger partial charge in [0, 0.05) is 11.4 Å². The summed E-state index contributed by atoms with van der Waals surface area (Å²) in [5.74, 6) is 0.000104. The minimum Gasteiger partial charge on any atom is -0.268 e. The molecule has 0 saturated heterocycles. The molecule has 2 aromatic heterocycles. The van der Waals surface area contributed by atoms with Crippen LogP contribution in [0.2, 0.25) is 0 Å². The first-order valence-corrected chi connectivity index (χ1v) is 11.4. The Morgan fingerprint density at radius 3 is 1.59 bits per heavy atom. The van der Waals surface area contributed by atoms with Gasteiger partial charge in [-0.3, -0.25) is 6.08 Å². The molecule has 0 saturated carbocycles. The molecule has 4 nitrogen and oxygen atoms in total. The summed E-state index contributed by atoms with van der Waals surface area (Å²) < 4.78 is 4.31. The van der Waals surface area contributed by atoms with E-state index in [0.717, 1.165) is 22.8 Å². The first-order chi connectivity index (χ1) is 16.0. The summed E-state index contributed by atoms with van der Waals surface area (Å²) in [5.41, 5.74) is 6.08. The van der Waals surface area contributed by atoms with Gasteiger partial charge in [-0.2, -0.15) is 16.3 Å². The predicted octanol–water partition coefficient (Wildman–Crippen LogP) is 2.90. The second-order valence-electron chi connectivity index (χ2n) is 8.91. The number of nitrogens with zero attached hydrogens (tertiary/aromatic N) is 4. The van der Waals surface area contributed by atoms with Crippen molar-refractivity contribution < 1.29 is 18.9 Å². The monoisotopic (exact) mass is 440 g/mol. The fourth-order valence-corrected chi connectivity index (χ4v) is 5.35. The van der Waals surface area contributed by atoms with E-state index in [1.165, 1.54) is 11.1 Å². The summed E-state index contributed by atoms with van der Waals surface area (Å²) >= 11 is 0. The van der Waals surface area contributed by atoms with Gasteiger partial charge in [0.05, 0.1) is 16.8 Å². The van der Waals surface area contributed by atoms with Crippen LogP contribution in [0.25, 0.3) is 0 Å². The predicted molar refractivity (Wildman–Crippen MR) is 132 cm³/mol. The molecule has 5 rings (SSSR count). The fourth-order valence-electron chi connectivity index (χ4n) is 5.35. The van der Waals surface area contributed by atoms with Gasteiger partial charge in [-0.1, -0.05) is 66.6 Å². The summed E-state index contributed by atoms with van der Waals surface area (Å²) in [6, 6.07) is 25.8. The number of hydrogen-bond donors (Lipinski definition) is 0. The van der Waals surface area contributed by atoms with Crippen molar-refractivity contribution in [2.45, 2.75) is 39.3 Å². The van der Waals surface area contributed by atoms with Gasteiger partial charge in [-0.25, -0.2) is 21.5 Å². The molecule has 166 valence electrons. The summed E-state index contributed by atoms with van der Waals surface area (Å²) in [5, 5.41) is 10.0. The number of hydrogen-bond acceptors (Lipinski definition) is 2. The van der Waals surface area contributed by atoms with Crippen molar-refractivity contribution in [3.8, 4) is 0 Å². The Bertz CT molecular complexity index is 1220. The molecule has 0 fully saturated rings. The van der Waals surface area contributed by atoms with Crippen molar-refractivity contribution >= 4 is 0 Å². The van der Waals surface area contributed by atoms with Gasteiger partial charge >= 0.3 is 18.9 Å². The Kier molecular flexibility index (Phi) is 6.84. The van der Waals surface area contributed by atoms with E-state index >= 15 is 0 Å². The molecule has 5 heteroatoms. The minimum absolute atomic E-state index is 0. The summed E-state index contributed by atoms with van der Waals surface area (Å²) in [6.45, 7) is 8.36. The number of aromatic nitrogens is 4. The quantitative estimate of drug-likeness (QED) is 0.342. The largest absolute Gasteiger partial charge is 1.00 e. The number of aryl methyl sites for hydroxylation is 4. The first kappa shape index (κ1) is 24.1. The third kappa shape index (κ3) is 3.92. The van der Waals surface area contributed by atoms with E-state index < -0.39 is 5.41 Å². The Morgan fingerprint density at radius 2 is 1.24 bits per heavy atom. The van der Waals surface area contributed by atoms with E-state index in [0.29, 0.717) is 0 Å². The van der Waals surface area contributed by atoms with E-state index in [4.69, 9.17) is 10.2 Å². The van der Waals surface area contributed by atoms with Crippen LogP contribution in [0.3, 0.4) is 0 Å². The molecule has 0 N–H and O–H groups in total. The molecule has 2 aromatic carbocycles. The molecule has 34 heavy (non-hydrogen) atoms. The van der Waals surface area contributed by atoms with Crippen LogP contribution in [0.5, 0.6) is 0 Å². The number of rotatable bonds is 6. The Hall–Kier alpha value is -3.06. The van der Waals surface area contributed by atoms with Crippen molar-refractivity contribution in [1.82, 2.24) is 19.6 Å². The van der Waals surface area contributed by atoms with Crippen molar-refractivity contribution in [2.24, 2.45) is 5.92 Å². The average Bonchev–Trinajstić information content (AvgIpc) is 3.54. The molecule has 0 aliphatic heterocycles. The van der Waals surface area contributed by atoms with Gasteiger partial charge in [-0.05, 0) is 51.0 Å². The maximum atomic E-state index is 5.02. The first-order valence-electron chi connectivity index (χ1n) is 11.4. The van der Waals surface area contributed by atoms with Crippen molar-refractivity contribution in [3.05, 3.63) is 131 Å². The molecular weight excluding hydrogens is 411 g/mol. The SMILES string of the molecule is Cc1cc(C)n(C(n2nc(C)cc2C)C(c2ccccc2)(c2ccccc2)C2[C-]=CC=C2)n1.[Li+]. The standard InChI is InChI=1S/C29H29N4.Li/c1-21-19-23(3)32(30-21)28(33-24(4)20-22(2)31-33)29(27-17-11-12-18-27,25-13-7-5-8-14-25)26-15-9-6-10-16-26;/h5-17,19-20,27-28H,1-4H3;/q-1;+1. The van der Waals surface area contributed by atoms with E-state index in [2.05, 4.69) is 128 Å². The molecule has 0 amide bonds. The Morgan fingerprint density at radius 1 is 0.765 bits per heavy atom. The van der Waals surface area contributed by atoms with Gasteiger partial charge in [0.15, 0.2) is 6.17 Å². The zero-order valence-corrected chi connectivity index (χ0v) is 20.6. The van der Waals surface area contributed by atoms with Crippen LogP contribution in [0.15, 0.2) is 91.0 Å². The van der Waals surface area contributed by atoms with Crippen LogP contribution < -0.4 is 18.9 Å². The maximum absolute atomic E-state index is 5.02. The smallest absolute Gasteiger partial charge is 0.268 e. The van der Waals surface area contributed by atoms with Crippen molar-refractivity contribution in [1.29, 1.82) is 0 Å². The Labute approximate surface area is 214 Å². The molecule has 4 aromatic rings. The fraction of sp³-hybridized carbons (Fsp3) is 0.241. The van der Waals surface area contributed by atoms with E-state index in [1.807, 2.05) is 6.08 Å². The summed E-state index contributed by atoms with van der Waals surface area (Å²) in [7, 11) is 0. The minimum atomic E-state index is -0.529. The van der Waals surface area contributed by atoms with Crippen molar-refractivity contribution in [3.63, 3.8) is 0 Å². The number of benzene rings is 2. The molecule has 0 bridgehead atoms. The molecule has 1 atom stereocenters. The normalized spacial score (nSPS) is 15.1. The van der Waals surface area contributed by atoms with Gasteiger partial charge in [0.2, 0.25) is 0 Å². The summed E-state index contributed by atoms with van der Waals surface area (Å²) in [6.07, 6.45) is 9.80. The van der Waals surface area contributed by atoms with Crippen LogP contribution in [0.4, 0.5) is 0 Å². The van der Waals surface area contributed by atoms with E-state index in [-0.39, 0.29) is 30.9 Å². The Balaban J connectivity index is 0.00000274. The topological polar surface area (TPSA) is 35.6 Å². The average molecular weight is 441 g/mol. The summed E-state index contributed by atoms with van der Waals surface area (Å²) in [4.78, 5) is 0. The molecule has 2 heterocycles. The van der Waals surface area contributed by atoms with E-state index in [9.17, 15) is 0 Å². The second-order valence-corrected chi connectivity index (χ2v) is 8.91. The molecule has 1 unspecified atom stereocenters. The molecule has 0 radical (unpaired) electrons. The zero-order chi connectivity index (χ0) is 23.0. The second kappa shape index (κ2) is 9.66. The van der Waals surface area contributed by atoms with Gasteiger partial charge < -0.3 is 0 Å². The third-order valence-corrected chi connectivity index (χ3v) is 6.63. The molecule has 0 spiro atoms. The van der Waals surface area contributed by atoms with Crippen LogP contribution in [-0.2, 0) is 5.41 Å². The molecular formula is C29H29LiN4. The van der Waals surface area contributed by atoms with Crippen LogP contribution in [-0.4, -0.2) is 19.6 Å². The molecule has 1 aliphatic rings. The van der Waals surface area contributed by atoms with Crippen LogP contribution in [0.1, 0.15) is 40.1 Å². The third-order valence-electron chi connectivity index (χ3n) is 6.63. The molecule has 1 aliphatic carbocycles. The number of allylic oxidation sites excluding steroid dienone is 4. The van der Waals surface area contributed by atoms with Crippen molar-refractivity contribution in [2.75, 3.05) is 0 Å². The van der Waals surface area contributed by atoms with Crippen LogP contribution >= 0.6 is 0 Å². The van der Waals surface area contributed by atoms with E-state index in [1.54, 1.807) is 0 Å². The van der Waals surface area contributed by atoms with Crippen LogP contribution in [0, 0.1) is 39.7 Å². The van der Waals surface area contributed by atoms with Gasteiger partial charge in [-0.15, -0.1) is 0 Å². The zero-order valence-electron chi connectivity index (χ0n) is 20.6. The maximum Gasteiger partial charge on any atom is 1.00 e.